The lowest BCUT2D eigenvalue weighted by Crippen LogP contribution is -2.28. The van der Waals surface area contributed by atoms with Crippen molar-refractivity contribution in [3.05, 3.63) is 65.9 Å². The average Bonchev–Trinajstić information content (AvgIpc) is 2.62. The molecule has 0 fully saturated rings. The van der Waals surface area contributed by atoms with Crippen LogP contribution in [0.25, 0.3) is 4.91 Å². The van der Waals surface area contributed by atoms with Gasteiger partial charge in [-0.25, -0.2) is 8.42 Å². The Hall–Kier alpha value is -2.80. The van der Waals surface area contributed by atoms with Crippen LogP contribution in [-0.4, -0.2) is 33.8 Å². The molecule has 0 radical (unpaired) electrons. The largest absolute Gasteiger partial charge is 0.497 e. The van der Waals surface area contributed by atoms with Gasteiger partial charge in [0.25, 0.3) is 5.91 Å². The fourth-order valence-corrected chi connectivity index (χ4v) is 3.93. The predicted molar refractivity (Wildman–Crippen MR) is 94.7 cm³/mol. The van der Waals surface area contributed by atoms with Crippen molar-refractivity contribution < 1.29 is 22.7 Å². The van der Waals surface area contributed by atoms with Gasteiger partial charge in [0.05, 0.1) is 12.9 Å². The summed E-state index contributed by atoms with van der Waals surface area (Å²) in [6.45, 7) is -0.0516. The summed E-state index contributed by atoms with van der Waals surface area (Å²) in [5, 5.41) is 2.66. The predicted octanol–water partition coefficient (Wildman–Crippen LogP) is 2.45. The van der Waals surface area contributed by atoms with E-state index in [4.69, 9.17) is 9.47 Å². The quantitative estimate of drug-likeness (QED) is 0.907. The number of amides is 1. The van der Waals surface area contributed by atoms with Gasteiger partial charge in [0.15, 0.2) is 9.84 Å². The number of hydrogen-bond acceptors (Lipinski definition) is 5. The van der Waals surface area contributed by atoms with Gasteiger partial charge in [-0.1, -0.05) is 30.3 Å². The summed E-state index contributed by atoms with van der Waals surface area (Å²) in [7, 11) is -2.05. The van der Waals surface area contributed by atoms with E-state index in [1.54, 1.807) is 61.7 Å². The second kappa shape index (κ2) is 6.98. The molecular formula is C18H17NO5S. The zero-order valence-electron chi connectivity index (χ0n) is 13.6. The van der Waals surface area contributed by atoms with Gasteiger partial charge in [-0.3, -0.25) is 4.79 Å². The number of nitrogens with one attached hydrogen (secondary N) is 1. The Morgan fingerprint density at radius 1 is 1.08 bits per heavy atom. The van der Waals surface area contributed by atoms with E-state index in [9.17, 15) is 13.2 Å². The third kappa shape index (κ3) is 3.66. The molecule has 6 nitrogen and oxygen atoms in total. The average molecular weight is 359 g/mol. The van der Waals surface area contributed by atoms with Gasteiger partial charge in [0.1, 0.15) is 17.3 Å². The fourth-order valence-electron chi connectivity index (χ4n) is 2.49. The summed E-state index contributed by atoms with van der Waals surface area (Å²) < 4.78 is 35.5. The second-order valence-corrected chi connectivity index (χ2v) is 7.42. The number of rotatable bonds is 4. The molecule has 1 aliphatic rings. The molecule has 0 bridgehead atoms. The van der Waals surface area contributed by atoms with Gasteiger partial charge < -0.3 is 14.8 Å². The first-order valence-corrected chi connectivity index (χ1v) is 9.27. The number of carbonyl (C=O) groups is 1. The monoisotopic (exact) mass is 359 g/mol. The van der Waals surface area contributed by atoms with Gasteiger partial charge in [0.2, 0.25) is 5.76 Å². The van der Waals surface area contributed by atoms with Crippen LogP contribution in [-0.2, 0) is 19.4 Å². The molecule has 1 amide bonds. The molecule has 2 aromatic rings. The number of sulfone groups is 1. The minimum atomic E-state index is -3.60. The van der Waals surface area contributed by atoms with Crippen LogP contribution in [0.4, 0.5) is 5.69 Å². The van der Waals surface area contributed by atoms with Crippen molar-refractivity contribution in [3.8, 4) is 5.75 Å². The Bertz CT molecular complexity index is 902. The maximum atomic E-state index is 12.6. The number of carbonyl (C=O) groups excluding carboxylic acids is 1. The van der Waals surface area contributed by atoms with E-state index in [0.29, 0.717) is 17.0 Å². The highest BCUT2D eigenvalue weighted by Gasteiger charge is 2.33. The maximum Gasteiger partial charge on any atom is 0.292 e. The Morgan fingerprint density at radius 3 is 2.40 bits per heavy atom. The third-order valence-electron chi connectivity index (χ3n) is 3.71. The molecule has 0 atom stereocenters. The van der Waals surface area contributed by atoms with Crippen LogP contribution in [0.1, 0.15) is 5.56 Å². The maximum absolute atomic E-state index is 12.6. The van der Waals surface area contributed by atoms with Crippen molar-refractivity contribution in [3.63, 3.8) is 0 Å². The van der Waals surface area contributed by atoms with Crippen LogP contribution < -0.4 is 10.1 Å². The Morgan fingerprint density at radius 2 is 1.76 bits per heavy atom. The second-order valence-electron chi connectivity index (χ2n) is 5.37. The van der Waals surface area contributed by atoms with E-state index in [1.807, 2.05) is 0 Å². The van der Waals surface area contributed by atoms with Gasteiger partial charge in [0, 0.05) is 5.69 Å². The summed E-state index contributed by atoms with van der Waals surface area (Å²) in [4.78, 5) is 12.5. The molecule has 25 heavy (non-hydrogen) atoms. The standard InChI is InChI=1S/C18H17NO5S/c1-23-15-9-7-14(8-10-15)19-18(20)16-17(13-5-3-2-4-6-13)25(21,22)12-11-24-16/h2-10H,11-12H2,1H3,(H,19,20). The normalized spacial score (nSPS) is 16.0. The summed E-state index contributed by atoms with van der Waals surface area (Å²) in [6, 6.07) is 15.2. The van der Waals surface area contributed by atoms with Crippen molar-refractivity contribution in [2.45, 2.75) is 0 Å². The summed E-state index contributed by atoms with van der Waals surface area (Å²) in [5.74, 6) is -0.296. The van der Waals surface area contributed by atoms with E-state index < -0.39 is 15.7 Å². The molecule has 7 heteroatoms. The van der Waals surface area contributed by atoms with Crippen molar-refractivity contribution >= 4 is 26.3 Å². The number of hydrogen-bond donors (Lipinski definition) is 1. The topological polar surface area (TPSA) is 81.7 Å². The SMILES string of the molecule is COc1ccc(NC(=O)C2=C(c3ccccc3)S(=O)(=O)CCO2)cc1. The molecule has 0 unspecified atom stereocenters. The summed E-state index contributed by atoms with van der Waals surface area (Å²) in [6.07, 6.45) is 0. The Balaban J connectivity index is 1.98. The molecule has 1 N–H and O–H groups in total. The van der Waals surface area contributed by atoms with Crippen molar-refractivity contribution in [2.24, 2.45) is 0 Å². The number of methoxy groups -OCH3 is 1. The van der Waals surface area contributed by atoms with Crippen LogP contribution in [0.2, 0.25) is 0 Å². The molecule has 130 valence electrons. The lowest BCUT2D eigenvalue weighted by molar-refractivity contribution is -0.115. The van der Waals surface area contributed by atoms with Crippen molar-refractivity contribution in [1.82, 2.24) is 0 Å². The first-order chi connectivity index (χ1) is 12.0. The number of anilines is 1. The summed E-state index contributed by atoms with van der Waals surface area (Å²) in [5.41, 5.74) is 0.944. The molecule has 0 spiro atoms. The van der Waals surface area contributed by atoms with Crippen LogP contribution in [0.5, 0.6) is 5.75 Å². The van der Waals surface area contributed by atoms with E-state index in [0.717, 1.165) is 0 Å². The molecule has 1 aliphatic heterocycles. The van der Waals surface area contributed by atoms with Gasteiger partial charge in [-0.05, 0) is 29.8 Å². The van der Waals surface area contributed by atoms with E-state index in [2.05, 4.69) is 5.32 Å². The first-order valence-electron chi connectivity index (χ1n) is 7.62. The van der Waals surface area contributed by atoms with Gasteiger partial charge in [-0.15, -0.1) is 0 Å². The van der Waals surface area contributed by atoms with Gasteiger partial charge in [-0.2, -0.15) is 0 Å². The fraction of sp³-hybridized carbons (Fsp3) is 0.167. The highest BCUT2D eigenvalue weighted by atomic mass is 32.2. The molecule has 0 saturated heterocycles. The Labute approximate surface area is 146 Å². The Kier molecular flexibility index (Phi) is 4.76. The lowest BCUT2D eigenvalue weighted by atomic mass is 10.2. The van der Waals surface area contributed by atoms with Gasteiger partial charge >= 0.3 is 0 Å². The molecule has 2 aromatic carbocycles. The zero-order valence-corrected chi connectivity index (χ0v) is 14.4. The highest BCUT2D eigenvalue weighted by Crippen LogP contribution is 2.30. The molecule has 3 rings (SSSR count). The minimum Gasteiger partial charge on any atom is -0.497 e. The van der Waals surface area contributed by atoms with Crippen molar-refractivity contribution in [2.75, 3.05) is 24.8 Å². The smallest absolute Gasteiger partial charge is 0.292 e. The molecule has 1 heterocycles. The molecule has 0 saturated carbocycles. The van der Waals surface area contributed by atoms with Crippen LogP contribution in [0.3, 0.4) is 0 Å². The van der Waals surface area contributed by atoms with Crippen molar-refractivity contribution in [1.29, 1.82) is 0 Å². The van der Waals surface area contributed by atoms with E-state index >= 15 is 0 Å². The van der Waals surface area contributed by atoms with Crippen LogP contribution >= 0.6 is 0 Å². The zero-order chi connectivity index (χ0) is 17.9. The lowest BCUT2D eigenvalue weighted by Gasteiger charge is -2.21. The molecular weight excluding hydrogens is 342 g/mol. The van der Waals surface area contributed by atoms with E-state index in [1.165, 1.54) is 0 Å². The number of ether oxygens (including phenoxy) is 2. The highest BCUT2D eigenvalue weighted by molar-refractivity contribution is 8.00. The van der Waals surface area contributed by atoms with E-state index in [-0.39, 0.29) is 23.0 Å². The molecule has 0 aliphatic carbocycles. The minimum absolute atomic E-state index is 0.0516. The van der Waals surface area contributed by atoms with Crippen LogP contribution in [0.15, 0.2) is 60.4 Å². The third-order valence-corrected chi connectivity index (χ3v) is 5.45. The first kappa shape index (κ1) is 17.0. The molecule has 0 aromatic heterocycles. The number of benzene rings is 2. The van der Waals surface area contributed by atoms with Crippen LogP contribution in [0, 0.1) is 0 Å². The summed E-state index contributed by atoms with van der Waals surface area (Å²) >= 11 is 0.